The zero-order chi connectivity index (χ0) is 14.0. The van der Waals surface area contributed by atoms with Gasteiger partial charge in [-0.15, -0.1) is 0 Å². The first-order valence-electron chi connectivity index (χ1n) is 6.73. The number of piperidine rings is 1. The number of likely N-dealkylation sites (tertiary alicyclic amines) is 1. The molecular formula is C15H20FNO2. The molecule has 0 amide bonds. The minimum Gasteiger partial charge on any atom is -0.478 e. The van der Waals surface area contributed by atoms with Crippen LogP contribution in [-0.2, 0) is 6.54 Å². The van der Waals surface area contributed by atoms with Gasteiger partial charge in [0.2, 0.25) is 0 Å². The average Bonchev–Trinajstić information content (AvgIpc) is 2.36. The molecule has 0 bridgehead atoms. The molecule has 2 atom stereocenters. The number of nitrogens with zero attached hydrogens (tertiary/aromatic N) is 1. The van der Waals surface area contributed by atoms with Crippen molar-refractivity contribution in [3.8, 4) is 0 Å². The Bertz CT molecular complexity index is 475. The monoisotopic (exact) mass is 265 g/mol. The molecule has 2 unspecified atom stereocenters. The molecule has 0 radical (unpaired) electrons. The fourth-order valence-electron chi connectivity index (χ4n) is 2.67. The van der Waals surface area contributed by atoms with Crippen molar-refractivity contribution in [2.24, 2.45) is 5.92 Å². The van der Waals surface area contributed by atoms with Crippen LogP contribution in [0.1, 0.15) is 42.6 Å². The molecule has 104 valence electrons. The second-order valence-corrected chi connectivity index (χ2v) is 5.58. The second-order valence-electron chi connectivity index (χ2n) is 5.58. The van der Waals surface area contributed by atoms with Crippen LogP contribution in [0, 0.1) is 11.7 Å². The third-order valence-electron chi connectivity index (χ3n) is 3.89. The maximum atomic E-state index is 13.3. The summed E-state index contributed by atoms with van der Waals surface area (Å²) in [5.74, 6) is -1.22. The van der Waals surface area contributed by atoms with Gasteiger partial charge in [0.15, 0.2) is 0 Å². The molecule has 0 spiro atoms. The van der Waals surface area contributed by atoms with Crippen molar-refractivity contribution in [2.75, 3.05) is 6.54 Å². The fourth-order valence-corrected chi connectivity index (χ4v) is 2.67. The molecule has 1 aliphatic rings. The highest BCUT2D eigenvalue weighted by atomic mass is 19.1. The quantitative estimate of drug-likeness (QED) is 0.912. The summed E-state index contributed by atoms with van der Waals surface area (Å²) in [6, 6.07) is 4.86. The van der Waals surface area contributed by atoms with E-state index in [1.54, 1.807) is 6.07 Å². The van der Waals surface area contributed by atoms with Gasteiger partial charge in [-0.25, -0.2) is 9.18 Å². The molecule has 0 saturated carbocycles. The summed E-state index contributed by atoms with van der Waals surface area (Å²) >= 11 is 0. The van der Waals surface area contributed by atoms with E-state index in [1.807, 2.05) is 0 Å². The molecule has 3 nitrogen and oxygen atoms in total. The van der Waals surface area contributed by atoms with Crippen LogP contribution in [0.2, 0.25) is 0 Å². The number of carbonyl (C=O) groups is 1. The molecule has 1 aromatic rings. The van der Waals surface area contributed by atoms with Gasteiger partial charge in [0.25, 0.3) is 0 Å². The van der Waals surface area contributed by atoms with E-state index in [2.05, 4.69) is 18.7 Å². The average molecular weight is 265 g/mol. The first-order chi connectivity index (χ1) is 8.97. The highest BCUT2D eigenvalue weighted by Gasteiger charge is 2.23. The second kappa shape index (κ2) is 5.70. The Labute approximate surface area is 113 Å². The number of hydrogen-bond acceptors (Lipinski definition) is 2. The number of benzene rings is 1. The highest BCUT2D eigenvalue weighted by molar-refractivity contribution is 5.88. The van der Waals surface area contributed by atoms with E-state index in [4.69, 9.17) is 5.11 Å². The molecule has 1 aromatic carbocycles. The molecule has 19 heavy (non-hydrogen) atoms. The number of halogens is 1. The van der Waals surface area contributed by atoms with Crippen LogP contribution < -0.4 is 0 Å². The van der Waals surface area contributed by atoms with E-state index in [-0.39, 0.29) is 5.56 Å². The Morgan fingerprint density at radius 3 is 2.84 bits per heavy atom. The third-order valence-corrected chi connectivity index (χ3v) is 3.89. The van der Waals surface area contributed by atoms with Gasteiger partial charge in [-0.1, -0.05) is 13.0 Å². The van der Waals surface area contributed by atoms with Crippen molar-refractivity contribution in [3.05, 3.63) is 35.1 Å². The maximum absolute atomic E-state index is 13.3. The van der Waals surface area contributed by atoms with Crippen molar-refractivity contribution >= 4 is 5.97 Å². The molecule has 1 fully saturated rings. The number of rotatable bonds is 3. The normalized spacial score (nSPS) is 24.4. The van der Waals surface area contributed by atoms with Crippen molar-refractivity contribution in [1.29, 1.82) is 0 Å². The van der Waals surface area contributed by atoms with Crippen LogP contribution in [0.25, 0.3) is 0 Å². The van der Waals surface area contributed by atoms with E-state index in [0.717, 1.165) is 18.5 Å². The lowest BCUT2D eigenvalue weighted by atomic mass is 9.94. The van der Waals surface area contributed by atoms with Gasteiger partial charge < -0.3 is 5.11 Å². The standard InChI is InChI=1S/C15H20FNO2/c1-10-3-4-11(2)17(8-10)9-12-5-6-14(16)13(7-12)15(18)19/h5-7,10-11H,3-4,8-9H2,1-2H3,(H,18,19). The summed E-state index contributed by atoms with van der Waals surface area (Å²) < 4.78 is 13.3. The Kier molecular flexibility index (Phi) is 4.20. The lowest BCUT2D eigenvalue weighted by Gasteiger charge is -2.36. The highest BCUT2D eigenvalue weighted by Crippen LogP contribution is 2.23. The van der Waals surface area contributed by atoms with Gasteiger partial charge in [-0.2, -0.15) is 0 Å². The van der Waals surface area contributed by atoms with Crippen LogP contribution >= 0.6 is 0 Å². The summed E-state index contributed by atoms with van der Waals surface area (Å²) in [5.41, 5.74) is 0.620. The van der Waals surface area contributed by atoms with Crippen LogP contribution in [0.15, 0.2) is 18.2 Å². The zero-order valence-electron chi connectivity index (χ0n) is 11.4. The van der Waals surface area contributed by atoms with Crippen molar-refractivity contribution < 1.29 is 14.3 Å². The Hall–Kier alpha value is -1.42. The molecule has 1 N–H and O–H groups in total. The first-order valence-corrected chi connectivity index (χ1v) is 6.73. The maximum Gasteiger partial charge on any atom is 0.338 e. The summed E-state index contributed by atoms with van der Waals surface area (Å²) in [6.45, 7) is 6.12. The van der Waals surface area contributed by atoms with Gasteiger partial charge in [-0.3, -0.25) is 4.90 Å². The Morgan fingerprint density at radius 2 is 2.16 bits per heavy atom. The topological polar surface area (TPSA) is 40.5 Å². The SMILES string of the molecule is CC1CCC(C)N(Cc2ccc(F)c(C(=O)O)c2)C1. The predicted molar refractivity (Wildman–Crippen MR) is 71.6 cm³/mol. The predicted octanol–water partition coefficient (Wildman–Crippen LogP) is 3.14. The van der Waals surface area contributed by atoms with E-state index in [9.17, 15) is 9.18 Å². The smallest absolute Gasteiger partial charge is 0.338 e. The summed E-state index contributed by atoms with van der Waals surface area (Å²) in [4.78, 5) is 13.3. The minimum atomic E-state index is -1.21. The molecule has 4 heteroatoms. The van der Waals surface area contributed by atoms with E-state index < -0.39 is 11.8 Å². The van der Waals surface area contributed by atoms with Crippen LogP contribution in [0.5, 0.6) is 0 Å². The first kappa shape index (κ1) is 14.0. The lowest BCUT2D eigenvalue weighted by molar-refractivity contribution is 0.0691. The molecule has 1 heterocycles. The fraction of sp³-hybridized carbons (Fsp3) is 0.533. The van der Waals surface area contributed by atoms with Gasteiger partial charge in [-0.05, 0) is 43.4 Å². The van der Waals surface area contributed by atoms with E-state index >= 15 is 0 Å². The number of carboxylic acids is 1. The molecule has 1 aliphatic heterocycles. The van der Waals surface area contributed by atoms with E-state index in [0.29, 0.717) is 18.5 Å². The summed E-state index contributed by atoms with van der Waals surface area (Å²) in [5, 5.41) is 8.94. The van der Waals surface area contributed by atoms with Gasteiger partial charge in [0, 0.05) is 19.1 Å². The van der Waals surface area contributed by atoms with E-state index in [1.165, 1.54) is 18.6 Å². The van der Waals surface area contributed by atoms with Gasteiger partial charge in [0.1, 0.15) is 5.82 Å². The van der Waals surface area contributed by atoms with Crippen LogP contribution in [0.4, 0.5) is 4.39 Å². The molecule has 0 aliphatic carbocycles. The van der Waals surface area contributed by atoms with Crippen molar-refractivity contribution in [1.82, 2.24) is 4.90 Å². The van der Waals surface area contributed by atoms with Crippen LogP contribution in [-0.4, -0.2) is 28.6 Å². The van der Waals surface area contributed by atoms with Crippen molar-refractivity contribution in [3.63, 3.8) is 0 Å². The number of carboxylic acid groups (broad SMARTS) is 1. The third kappa shape index (κ3) is 3.32. The lowest BCUT2D eigenvalue weighted by Crippen LogP contribution is -2.40. The molecule has 2 rings (SSSR count). The van der Waals surface area contributed by atoms with Crippen LogP contribution in [0.3, 0.4) is 0 Å². The number of hydrogen-bond donors (Lipinski definition) is 1. The van der Waals surface area contributed by atoms with Gasteiger partial charge >= 0.3 is 5.97 Å². The number of aromatic carboxylic acids is 1. The largest absolute Gasteiger partial charge is 0.478 e. The zero-order valence-corrected chi connectivity index (χ0v) is 11.4. The summed E-state index contributed by atoms with van der Waals surface area (Å²) in [6.07, 6.45) is 2.40. The van der Waals surface area contributed by atoms with Gasteiger partial charge in [0.05, 0.1) is 5.56 Å². The minimum absolute atomic E-state index is 0.241. The molecule has 1 saturated heterocycles. The Morgan fingerprint density at radius 1 is 1.42 bits per heavy atom. The summed E-state index contributed by atoms with van der Waals surface area (Å²) in [7, 11) is 0. The molecular weight excluding hydrogens is 245 g/mol. The Balaban J connectivity index is 2.14. The molecule has 0 aromatic heterocycles. The van der Waals surface area contributed by atoms with Crippen molar-refractivity contribution in [2.45, 2.75) is 39.3 Å².